The molecule has 1 aromatic heterocycles. The van der Waals surface area contributed by atoms with Gasteiger partial charge in [0.15, 0.2) is 5.82 Å². The largest absolute Gasteiger partial charge is 0.349 e. The van der Waals surface area contributed by atoms with E-state index in [1.54, 1.807) is 48.7 Å². The van der Waals surface area contributed by atoms with Gasteiger partial charge in [-0.1, -0.05) is 30.3 Å². The molecule has 0 fully saturated rings. The summed E-state index contributed by atoms with van der Waals surface area (Å²) in [6, 6.07) is 13.5. The lowest BCUT2D eigenvalue weighted by atomic mass is 10.1. The molecule has 1 atom stereocenters. The van der Waals surface area contributed by atoms with Gasteiger partial charge in [0.05, 0.1) is 17.8 Å². The highest BCUT2D eigenvalue weighted by atomic mass is 16.2. The summed E-state index contributed by atoms with van der Waals surface area (Å²) >= 11 is 0. The van der Waals surface area contributed by atoms with Gasteiger partial charge in [-0.2, -0.15) is 0 Å². The number of hydrogen-bond acceptors (Lipinski definition) is 5. The fourth-order valence-electron chi connectivity index (χ4n) is 3.65. The van der Waals surface area contributed by atoms with Crippen LogP contribution in [0.5, 0.6) is 0 Å². The Hall–Kier alpha value is -4.01. The first-order valence-corrected chi connectivity index (χ1v) is 10.4. The Morgan fingerprint density at radius 2 is 1.72 bits per heavy atom. The predicted molar refractivity (Wildman–Crippen MR) is 118 cm³/mol. The van der Waals surface area contributed by atoms with Gasteiger partial charge < -0.3 is 16.0 Å². The third kappa shape index (κ3) is 4.36. The molecule has 1 aliphatic rings. The summed E-state index contributed by atoms with van der Waals surface area (Å²) in [5.74, 6) is 0.197. The molecule has 3 N–H and O–H groups in total. The van der Waals surface area contributed by atoms with E-state index in [-0.39, 0.29) is 24.8 Å². The van der Waals surface area contributed by atoms with Crippen molar-refractivity contribution in [3.63, 3.8) is 0 Å². The average molecular weight is 432 g/mol. The number of fused-ring (bicyclic) bond motifs is 4. The molecular formula is C23H24N6O3. The average Bonchev–Trinajstić information content (AvgIpc) is 3.16. The fraction of sp³-hybridized carbons (Fsp3) is 0.261. The fourth-order valence-corrected chi connectivity index (χ4v) is 3.65. The van der Waals surface area contributed by atoms with Gasteiger partial charge in [-0.15, -0.1) is 10.2 Å². The number of aryl methyl sites for hydroxylation is 2. The van der Waals surface area contributed by atoms with E-state index < -0.39 is 11.9 Å². The van der Waals surface area contributed by atoms with Crippen molar-refractivity contribution in [2.75, 3.05) is 5.32 Å². The second kappa shape index (κ2) is 9.01. The number of carbonyl (C=O) groups excluding carboxylic acids is 3. The summed E-state index contributed by atoms with van der Waals surface area (Å²) in [6.45, 7) is 3.58. The monoisotopic (exact) mass is 432 g/mol. The molecule has 0 radical (unpaired) electrons. The standard InChI is InChI=1S/C23H24N6O3/c1-14-22(31)26-18-9-5-3-7-16(18)11-12-21(30)24-13-20-28-27-15(2)29(20)19-10-6-4-8-17(19)23(32)25-14/h3-10,14H,11-13H2,1-2H3,(H,24,30)(H,25,32)(H,26,31)/t14-/m0/s1. The maximum absolute atomic E-state index is 13.1. The molecule has 32 heavy (non-hydrogen) atoms. The molecule has 0 bridgehead atoms. The third-order valence-corrected chi connectivity index (χ3v) is 5.36. The van der Waals surface area contributed by atoms with E-state index in [1.165, 1.54) is 0 Å². The molecule has 3 amide bonds. The minimum Gasteiger partial charge on any atom is -0.349 e. The van der Waals surface area contributed by atoms with Crippen LogP contribution in [0.4, 0.5) is 5.69 Å². The molecule has 0 aliphatic carbocycles. The van der Waals surface area contributed by atoms with Crippen molar-refractivity contribution in [1.29, 1.82) is 0 Å². The molecule has 164 valence electrons. The number of hydrogen-bond donors (Lipinski definition) is 3. The Morgan fingerprint density at radius 1 is 0.969 bits per heavy atom. The molecule has 0 saturated carbocycles. The number of nitrogens with zero attached hydrogens (tertiary/aromatic N) is 3. The topological polar surface area (TPSA) is 118 Å². The smallest absolute Gasteiger partial charge is 0.254 e. The molecule has 9 heteroatoms. The summed E-state index contributed by atoms with van der Waals surface area (Å²) in [5, 5.41) is 16.8. The number of nitrogens with one attached hydrogen (secondary N) is 3. The minimum atomic E-state index is -0.777. The summed E-state index contributed by atoms with van der Waals surface area (Å²) in [6.07, 6.45) is 0.709. The number of carbonyl (C=O) groups is 3. The summed E-state index contributed by atoms with van der Waals surface area (Å²) in [5.41, 5.74) is 2.40. The highest BCUT2D eigenvalue weighted by Crippen LogP contribution is 2.20. The maximum Gasteiger partial charge on any atom is 0.254 e. The van der Waals surface area contributed by atoms with Gasteiger partial charge in [-0.05, 0) is 44.0 Å². The minimum absolute atomic E-state index is 0.148. The van der Waals surface area contributed by atoms with Crippen molar-refractivity contribution in [3.05, 3.63) is 71.3 Å². The van der Waals surface area contributed by atoms with Crippen LogP contribution in [-0.2, 0) is 22.6 Å². The number of anilines is 1. The number of aromatic nitrogens is 3. The molecule has 0 unspecified atom stereocenters. The zero-order valence-corrected chi connectivity index (χ0v) is 17.9. The highest BCUT2D eigenvalue weighted by molar-refractivity contribution is 6.03. The Kier molecular flexibility index (Phi) is 5.98. The van der Waals surface area contributed by atoms with Crippen LogP contribution in [-0.4, -0.2) is 38.5 Å². The number of rotatable bonds is 0. The van der Waals surface area contributed by atoms with Gasteiger partial charge in [-0.25, -0.2) is 0 Å². The lowest BCUT2D eigenvalue weighted by Crippen LogP contribution is -2.42. The Labute approximate surface area is 185 Å². The Morgan fingerprint density at radius 3 is 2.56 bits per heavy atom. The molecule has 2 heterocycles. The van der Waals surface area contributed by atoms with Crippen LogP contribution < -0.4 is 16.0 Å². The second-order valence-corrected chi connectivity index (χ2v) is 7.63. The highest BCUT2D eigenvalue weighted by Gasteiger charge is 2.22. The van der Waals surface area contributed by atoms with Crippen LogP contribution in [0.3, 0.4) is 0 Å². The van der Waals surface area contributed by atoms with Crippen molar-refractivity contribution in [2.24, 2.45) is 0 Å². The Balaban J connectivity index is 1.74. The zero-order chi connectivity index (χ0) is 22.7. The normalized spacial score (nSPS) is 17.3. The van der Waals surface area contributed by atoms with Gasteiger partial charge in [0.25, 0.3) is 5.91 Å². The van der Waals surface area contributed by atoms with E-state index in [0.717, 1.165) is 5.56 Å². The lowest BCUT2D eigenvalue weighted by molar-refractivity contribution is -0.121. The molecular weight excluding hydrogens is 408 g/mol. The molecule has 3 aromatic rings. The zero-order valence-electron chi connectivity index (χ0n) is 17.9. The molecule has 0 saturated heterocycles. The van der Waals surface area contributed by atoms with E-state index in [4.69, 9.17) is 0 Å². The number of para-hydroxylation sites is 2. The first-order valence-electron chi connectivity index (χ1n) is 10.4. The third-order valence-electron chi connectivity index (χ3n) is 5.36. The summed E-state index contributed by atoms with van der Waals surface area (Å²) in [7, 11) is 0. The molecule has 0 spiro atoms. The van der Waals surface area contributed by atoms with Gasteiger partial charge in [0.1, 0.15) is 11.9 Å². The van der Waals surface area contributed by atoms with E-state index in [0.29, 0.717) is 35.0 Å². The van der Waals surface area contributed by atoms with Crippen molar-refractivity contribution in [1.82, 2.24) is 25.4 Å². The Bertz CT molecular complexity index is 1190. The van der Waals surface area contributed by atoms with Crippen LogP contribution in [0.25, 0.3) is 5.69 Å². The maximum atomic E-state index is 13.1. The molecule has 4 rings (SSSR count). The van der Waals surface area contributed by atoms with E-state index in [1.807, 2.05) is 18.2 Å². The van der Waals surface area contributed by atoms with Crippen molar-refractivity contribution in [2.45, 2.75) is 39.3 Å². The predicted octanol–water partition coefficient (Wildman–Crippen LogP) is 1.90. The van der Waals surface area contributed by atoms with Crippen LogP contribution in [0, 0.1) is 6.92 Å². The first kappa shape index (κ1) is 21.2. The van der Waals surface area contributed by atoms with Crippen LogP contribution in [0.15, 0.2) is 48.5 Å². The molecule has 2 aromatic carbocycles. The summed E-state index contributed by atoms with van der Waals surface area (Å²) < 4.78 is 1.74. The number of benzene rings is 2. The van der Waals surface area contributed by atoms with Gasteiger partial charge in [0, 0.05) is 12.1 Å². The molecule has 9 nitrogen and oxygen atoms in total. The van der Waals surface area contributed by atoms with Crippen LogP contribution in [0.1, 0.15) is 40.9 Å². The second-order valence-electron chi connectivity index (χ2n) is 7.63. The number of amides is 3. The lowest BCUT2D eigenvalue weighted by Gasteiger charge is -2.19. The van der Waals surface area contributed by atoms with Crippen molar-refractivity contribution >= 4 is 23.4 Å². The van der Waals surface area contributed by atoms with E-state index in [9.17, 15) is 14.4 Å². The van der Waals surface area contributed by atoms with Crippen molar-refractivity contribution in [3.8, 4) is 5.69 Å². The van der Waals surface area contributed by atoms with Gasteiger partial charge in [-0.3, -0.25) is 19.0 Å². The van der Waals surface area contributed by atoms with Crippen LogP contribution in [0.2, 0.25) is 0 Å². The summed E-state index contributed by atoms with van der Waals surface area (Å²) in [4.78, 5) is 38.3. The van der Waals surface area contributed by atoms with Gasteiger partial charge in [0.2, 0.25) is 11.8 Å². The molecule has 1 aliphatic heterocycles. The van der Waals surface area contributed by atoms with Crippen molar-refractivity contribution < 1.29 is 14.4 Å². The van der Waals surface area contributed by atoms with Crippen LogP contribution >= 0.6 is 0 Å². The quantitative estimate of drug-likeness (QED) is 0.501. The van der Waals surface area contributed by atoms with E-state index in [2.05, 4.69) is 26.1 Å². The van der Waals surface area contributed by atoms with E-state index >= 15 is 0 Å². The first-order chi connectivity index (χ1) is 15.4. The SMILES string of the molecule is Cc1nnc2n1-c1ccccc1C(=O)N[C@@H](C)C(=O)Nc1ccccc1CCC(=O)NC2. The van der Waals surface area contributed by atoms with Gasteiger partial charge >= 0.3 is 0 Å².